The van der Waals surface area contributed by atoms with Gasteiger partial charge in [-0.1, -0.05) is 348 Å². The van der Waals surface area contributed by atoms with Crippen LogP contribution in [-0.2, 0) is 28.6 Å². The van der Waals surface area contributed by atoms with E-state index in [9.17, 15) is 14.4 Å². The Bertz CT molecular complexity index is 1080. The first-order valence-electron chi connectivity index (χ1n) is 33.0. The third-order valence-corrected chi connectivity index (χ3v) is 15.4. The van der Waals surface area contributed by atoms with E-state index in [4.69, 9.17) is 14.2 Å². The standard InChI is InChI=1S/C66H128O6/c1-4-7-10-13-16-19-22-25-27-29-31-32-33-34-36-37-39-41-44-47-50-53-56-59-65(68)71-62-63(61-70-64(67)58-55-52-49-46-43-24-21-18-15-12-9-6-3)72-66(69)60-57-54-51-48-45-42-40-38-35-30-28-26-23-20-17-14-11-8-5-2/h63H,4-62H2,1-3H3. The number of carbonyl (C=O) groups is 3. The van der Waals surface area contributed by atoms with Crippen LogP contribution in [0.2, 0.25) is 0 Å². The summed E-state index contributed by atoms with van der Waals surface area (Å²) in [6.07, 6.45) is 71.2. The summed E-state index contributed by atoms with van der Waals surface area (Å²) in [4.78, 5) is 38.3. The smallest absolute Gasteiger partial charge is 0.306 e. The van der Waals surface area contributed by atoms with Gasteiger partial charge in [-0.15, -0.1) is 0 Å². The fourth-order valence-electron chi connectivity index (χ4n) is 10.4. The molecule has 0 heterocycles. The largest absolute Gasteiger partial charge is 0.462 e. The summed E-state index contributed by atoms with van der Waals surface area (Å²) in [5, 5.41) is 0. The van der Waals surface area contributed by atoms with E-state index in [-0.39, 0.29) is 31.1 Å². The molecule has 1 unspecified atom stereocenters. The Morgan fingerprint density at radius 1 is 0.222 bits per heavy atom. The second kappa shape index (κ2) is 62.0. The first-order valence-corrected chi connectivity index (χ1v) is 33.0. The number of carbonyl (C=O) groups excluding carboxylic acids is 3. The van der Waals surface area contributed by atoms with Crippen LogP contribution in [0.4, 0.5) is 0 Å². The average molecular weight is 1020 g/mol. The van der Waals surface area contributed by atoms with Gasteiger partial charge in [0, 0.05) is 19.3 Å². The van der Waals surface area contributed by atoms with Crippen molar-refractivity contribution in [3.63, 3.8) is 0 Å². The lowest BCUT2D eigenvalue weighted by atomic mass is 10.0. The van der Waals surface area contributed by atoms with Crippen molar-refractivity contribution in [1.82, 2.24) is 0 Å². The van der Waals surface area contributed by atoms with Crippen LogP contribution < -0.4 is 0 Å². The lowest BCUT2D eigenvalue weighted by molar-refractivity contribution is -0.167. The molecule has 0 N–H and O–H groups in total. The van der Waals surface area contributed by atoms with E-state index in [0.717, 1.165) is 57.8 Å². The zero-order valence-electron chi connectivity index (χ0n) is 49.2. The van der Waals surface area contributed by atoms with Gasteiger partial charge in [-0.25, -0.2) is 0 Å². The summed E-state index contributed by atoms with van der Waals surface area (Å²) >= 11 is 0. The first kappa shape index (κ1) is 70.4. The molecule has 0 bridgehead atoms. The number of ether oxygens (including phenoxy) is 3. The van der Waals surface area contributed by atoms with Gasteiger partial charge in [0.15, 0.2) is 6.10 Å². The molecule has 0 saturated heterocycles. The van der Waals surface area contributed by atoms with E-state index in [2.05, 4.69) is 20.8 Å². The summed E-state index contributed by atoms with van der Waals surface area (Å²) in [7, 11) is 0. The maximum atomic E-state index is 12.9. The molecular formula is C66H128O6. The molecule has 0 aliphatic rings. The Morgan fingerprint density at radius 3 is 0.556 bits per heavy atom. The quantitative estimate of drug-likeness (QED) is 0.0343. The first-order chi connectivity index (χ1) is 35.5. The van der Waals surface area contributed by atoms with Crippen molar-refractivity contribution >= 4 is 17.9 Å². The molecule has 6 nitrogen and oxygen atoms in total. The van der Waals surface area contributed by atoms with Gasteiger partial charge in [0.1, 0.15) is 13.2 Å². The molecule has 0 spiro atoms. The van der Waals surface area contributed by atoms with Crippen LogP contribution in [0.5, 0.6) is 0 Å². The number of unbranched alkanes of at least 4 members (excludes halogenated alkanes) is 51. The van der Waals surface area contributed by atoms with Crippen LogP contribution in [0.3, 0.4) is 0 Å². The third kappa shape index (κ3) is 59.3. The summed E-state index contributed by atoms with van der Waals surface area (Å²) in [5.41, 5.74) is 0. The molecule has 6 heteroatoms. The van der Waals surface area contributed by atoms with Crippen molar-refractivity contribution in [1.29, 1.82) is 0 Å². The molecule has 0 aromatic heterocycles. The third-order valence-electron chi connectivity index (χ3n) is 15.4. The van der Waals surface area contributed by atoms with E-state index in [1.54, 1.807) is 0 Å². The van der Waals surface area contributed by atoms with Crippen molar-refractivity contribution in [3.05, 3.63) is 0 Å². The van der Waals surface area contributed by atoms with Gasteiger partial charge in [-0.3, -0.25) is 14.4 Å². The molecule has 0 aromatic carbocycles. The van der Waals surface area contributed by atoms with E-state index >= 15 is 0 Å². The summed E-state index contributed by atoms with van der Waals surface area (Å²) in [6.45, 7) is 6.73. The molecule has 0 aliphatic heterocycles. The highest BCUT2D eigenvalue weighted by molar-refractivity contribution is 5.71. The van der Waals surface area contributed by atoms with Crippen LogP contribution in [0.25, 0.3) is 0 Å². The molecule has 0 radical (unpaired) electrons. The zero-order valence-corrected chi connectivity index (χ0v) is 49.2. The Morgan fingerprint density at radius 2 is 0.375 bits per heavy atom. The Hall–Kier alpha value is -1.59. The number of hydrogen-bond donors (Lipinski definition) is 0. The van der Waals surface area contributed by atoms with Crippen molar-refractivity contribution in [2.75, 3.05) is 13.2 Å². The monoisotopic (exact) mass is 1020 g/mol. The second-order valence-corrected chi connectivity index (χ2v) is 22.8. The number of rotatable bonds is 62. The van der Waals surface area contributed by atoms with Crippen molar-refractivity contribution in [2.24, 2.45) is 0 Å². The summed E-state index contributed by atoms with van der Waals surface area (Å²) < 4.78 is 17.0. The highest BCUT2D eigenvalue weighted by Crippen LogP contribution is 2.19. The lowest BCUT2D eigenvalue weighted by Crippen LogP contribution is -2.30. The second-order valence-electron chi connectivity index (χ2n) is 22.8. The molecule has 428 valence electrons. The SMILES string of the molecule is CCCCCCCCCCCCCCCCCCCCCCCCCC(=O)OCC(COC(=O)CCCCCCCCCCCCCC)OC(=O)CCCCCCCCCCCCCCCCCCCCC. The predicted molar refractivity (Wildman–Crippen MR) is 312 cm³/mol. The molecule has 0 saturated carbocycles. The van der Waals surface area contributed by atoms with E-state index < -0.39 is 6.10 Å². The van der Waals surface area contributed by atoms with Crippen molar-refractivity contribution < 1.29 is 28.6 Å². The maximum Gasteiger partial charge on any atom is 0.306 e. The van der Waals surface area contributed by atoms with Gasteiger partial charge in [0.25, 0.3) is 0 Å². The van der Waals surface area contributed by atoms with Gasteiger partial charge in [-0.05, 0) is 19.3 Å². The van der Waals surface area contributed by atoms with Crippen LogP contribution >= 0.6 is 0 Å². The molecular weight excluding hydrogens is 889 g/mol. The minimum atomic E-state index is -0.762. The topological polar surface area (TPSA) is 78.9 Å². The van der Waals surface area contributed by atoms with Crippen LogP contribution in [-0.4, -0.2) is 37.2 Å². The Kier molecular flexibility index (Phi) is 60.6. The fraction of sp³-hybridized carbons (Fsp3) is 0.955. The number of esters is 3. The van der Waals surface area contributed by atoms with Crippen LogP contribution in [0, 0.1) is 0 Å². The van der Waals surface area contributed by atoms with Crippen LogP contribution in [0.15, 0.2) is 0 Å². The molecule has 0 amide bonds. The highest BCUT2D eigenvalue weighted by atomic mass is 16.6. The van der Waals surface area contributed by atoms with Gasteiger partial charge >= 0.3 is 17.9 Å². The number of hydrogen-bond acceptors (Lipinski definition) is 6. The van der Waals surface area contributed by atoms with E-state index in [0.29, 0.717) is 19.3 Å². The van der Waals surface area contributed by atoms with Crippen molar-refractivity contribution in [3.8, 4) is 0 Å². The highest BCUT2D eigenvalue weighted by Gasteiger charge is 2.19. The van der Waals surface area contributed by atoms with Gasteiger partial charge in [0.2, 0.25) is 0 Å². The average Bonchev–Trinajstić information content (AvgIpc) is 3.38. The fourth-order valence-corrected chi connectivity index (χ4v) is 10.4. The van der Waals surface area contributed by atoms with E-state index in [1.165, 1.54) is 289 Å². The lowest BCUT2D eigenvalue weighted by Gasteiger charge is -2.18. The zero-order chi connectivity index (χ0) is 52.2. The van der Waals surface area contributed by atoms with Gasteiger partial charge < -0.3 is 14.2 Å². The molecule has 1 atom stereocenters. The molecule has 0 aliphatic carbocycles. The van der Waals surface area contributed by atoms with Crippen LogP contribution in [0.1, 0.15) is 387 Å². The molecule has 72 heavy (non-hydrogen) atoms. The Balaban J connectivity index is 4.20. The minimum absolute atomic E-state index is 0.0605. The molecule has 0 fully saturated rings. The van der Waals surface area contributed by atoms with Crippen molar-refractivity contribution in [2.45, 2.75) is 393 Å². The minimum Gasteiger partial charge on any atom is -0.462 e. The summed E-state index contributed by atoms with van der Waals surface area (Å²) in [5.74, 6) is -0.825. The maximum absolute atomic E-state index is 12.9. The van der Waals surface area contributed by atoms with Gasteiger partial charge in [0.05, 0.1) is 0 Å². The van der Waals surface area contributed by atoms with E-state index in [1.807, 2.05) is 0 Å². The normalized spacial score (nSPS) is 11.9. The molecule has 0 aromatic rings. The Labute approximate surface area is 450 Å². The summed E-state index contributed by atoms with van der Waals surface area (Å²) in [6, 6.07) is 0. The van der Waals surface area contributed by atoms with Gasteiger partial charge in [-0.2, -0.15) is 0 Å². The predicted octanol–water partition coefficient (Wildman–Crippen LogP) is 22.3. The molecule has 0 rings (SSSR count).